The van der Waals surface area contributed by atoms with Gasteiger partial charge in [-0.05, 0) is 61.4 Å². The van der Waals surface area contributed by atoms with Gasteiger partial charge >= 0.3 is 0 Å². The zero-order valence-corrected chi connectivity index (χ0v) is 20.6. The smallest absolute Gasteiger partial charge is 0.259 e. The number of rotatable bonds is 6. The molecule has 1 heterocycles. The van der Waals surface area contributed by atoms with Crippen LogP contribution in [0.2, 0.25) is 0 Å². The van der Waals surface area contributed by atoms with E-state index in [2.05, 4.69) is 15.4 Å². The number of aromatic nitrogens is 1. The fraction of sp³-hybridized carbons (Fsp3) is 0.500. The second kappa shape index (κ2) is 9.17. The first-order valence-corrected chi connectivity index (χ1v) is 12.4. The molecule has 2 rings (SSSR count). The van der Waals surface area contributed by atoms with E-state index in [0.717, 1.165) is 28.0 Å². The summed E-state index contributed by atoms with van der Waals surface area (Å²) in [4.78, 5) is 17.1. The fourth-order valence-corrected chi connectivity index (χ4v) is 5.85. The number of amides is 1. The fourth-order valence-electron chi connectivity index (χ4n) is 3.31. The van der Waals surface area contributed by atoms with Crippen molar-refractivity contribution in [2.75, 3.05) is 0 Å². The summed E-state index contributed by atoms with van der Waals surface area (Å²) in [5.74, 6) is -0.415. The lowest BCUT2D eigenvalue weighted by Gasteiger charge is -2.19. The molecule has 0 saturated carbocycles. The Hall–Kier alpha value is -2.12. The third-order valence-electron chi connectivity index (χ3n) is 4.80. The van der Waals surface area contributed by atoms with Crippen LogP contribution >= 0.6 is 11.3 Å². The molecule has 0 fully saturated rings. The molecule has 168 valence electrons. The number of aliphatic hydroxyl groups is 1. The molecule has 0 spiro atoms. The Morgan fingerprint density at radius 3 is 2.19 bits per heavy atom. The lowest BCUT2D eigenvalue weighted by atomic mass is 9.85. The molecule has 1 atom stereocenters. The maximum absolute atomic E-state index is 13.1. The van der Waals surface area contributed by atoms with E-state index in [4.69, 9.17) is 5.14 Å². The van der Waals surface area contributed by atoms with Gasteiger partial charge in [0, 0.05) is 0 Å². The molecular formula is C22H30N4O3S2. The van der Waals surface area contributed by atoms with E-state index in [1.807, 2.05) is 27.7 Å². The van der Waals surface area contributed by atoms with Crippen molar-refractivity contribution in [2.24, 2.45) is 9.50 Å². The SMILES string of the molecule is Cc1nc(C(C)(C)O)sc1[S@](N)(=O)=NC(=O)Cc1c(C(C)C)cc(C#N)cc1C(C)C. The van der Waals surface area contributed by atoms with Crippen LogP contribution in [-0.2, 0) is 26.7 Å². The molecule has 0 bridgehead atoms. The molecule has 2 aromatic rings. The van der Waals surface area contributed by atoms with E-state index in [1.54, 1.807) is 32.9 Å². The highest BCUT2D eigenvalue weighted by molar-refractivity contribution is 7.93. The summed E-state index contributed by atoms with van der Waals surface area (Å²) in [7, 11) is -3.51. The van der Waals surface area contributed by atoms with Crippen LogP contribution in [0.3, 0.4) is 0 Å². The highest BCUT2D eigenvalue weighted by atomic mass is 32.2. The molecule has 7 nitrogen and oxygen atoms in total. The number of nitrogens with two attached hydrogens (primary N) is 1. The van der Waals surface area contributed by atoms with Crippen molar-refractivity contribution in [1.82, 2.24) is 4.98 Å². The monoisotopic (exact) mass is 462 g/mol. The first kappa shape index (κ1) is 25.1. The Bertz CT molecular complexity index is 1130. The maximum Gasteiger partial charge on any atom is 0.259 e. The number of hydrogen-bond acceptors (Lipinski definition) is 6. The summed E-state index contributed by atoms with van der Waals surface area (Å²) in [6, 6.07) is 5.77. The number of nitrogens with zero attached hydrogens (tertiary/aromatic N) is 3. The molecule has 9 heteroatoms. The zero-order valence-electron chi connectivity index (χ0n) is 19.0. The van der Waals surface area contributed by atoms with E-state index in [1.165, 1.54) is 0 Å². The molecule has 0 saturated heterocycles. The van der Waals surface area contributed by atoms with Crippen molar-refractivity contribution in [1.29, 1.82) is 5.26 Å². The largest absolute Gasteiger partial charge is 0.383 e. The Morgan fingerprint density at radius 2 is 1.81 bits per heavy atom. The number of aryl methyl sites for hydroxylation is 1. The van der Waals surface area contributed by atoms with Gasteiger partial charge in [0.1, 0.15) is 14.8 Å². The number of nitriles is 1. The lowest BCUT2D eigenvalue weighted by Crippen LogP contribution is -2.17. The molecule has 3 N–H and O–H groups in total. The molecule has 1 aromatic heterocycles. The van der Waals surface area contributed by atoms with E-state index in [0.29, 0.717) is 16.3 Å². The van der Waals surface area contributed by atoms with Crippen LogP contribution in [-0.4, -0.2) is 20.2 Å². The lowest BCUT2D eigenvalue weighted by molar-refractivity contribution is -0.117. The van der Waals surface area contributed by atoms with Crippen LogP contribution in [0.1, 0.15) is 86.3 Å². The minimum absolute atomic E-state index is 0.0584. The Kier molecular flexibility index (Phi) is 7.43. The van der Waals surface area contributed by atoms with Crippen LogP contribution in [0.4, 0.5) is 0 Å². The van der Waals surface area contributed by atoms with Crippen molar-refractivity contribution in [2.45, 2.75) is 76.5 Å². The van der Waals surface area contributed by atoms with Gasteiger partial charge in [-0.1, -0.05) is 27.7 Å². The van der Waals surface area contributed by atoms with Crippen molar-refractivity contribution >= 4 is 27.2 Å². The van der Waals surface area contributed by atoms with Crippen molar-refractivity contribution in [3.05, 3.63) is 45.1 Å². The summed E-state index contributed by atoms with van der Waals surface area (Å²) < 4.78 is 17.2. The standard InChI is InChI=1S/C22H30N4O3S2/c1-12(2)16-8-15(11-23)9-17(13(3)4)18(16)10-19(27)26-31(24,29)20-14(5)25-21(30-20)22(6,7)28/h8-9,12-13,28H,10H2,1-7H3,(H2,24,26,27,29)/t31-/m1/s1. The molecule has 0 aliphatic rings. The van der Waals surface area contributed by atoms with Crippen LogP contribution in [0.15, 0.2) is 20.7 Å². The highest BCUT2D eigenvalue weighted by Crippen LogP contribution is 2.32. The van der Waals surface area contributed by atoms with Crippen molar-refractivity contribution < 1.29 is 14.1 Å². The van der Waals surface area contributed by atoms with Gasteiger partial charge < -0.3 is 5.11 Å². The van der Waals surface area contributed by atoms with Gasteiger partial charge in [0.25, 0.3) is 5.91 Å². The first-order valence-electron chi connectivity index (χ1n) is 10.0. The van der Waals surface area contributed by atoms with Crippen molar-refractivity contribution in [3.8, 4) is 6.07 Å². The van der Waals surface area contributed by atoms with Gasteiger partial charge in [0.2, 0.25) is 0 Å². The topological polar surface area (TPSA) is 129 Å². The van der Waals surface area contributed by atoms with Gasteiger partial charge in [-0.15, -0.1) is 15.7 Å². The number of carbonyl (C=O) groups is 1. The number of hydrogen-bond donors (Lipinski definition) is 2. The highest BCUT2D eigenvalue weighted by Gasteiger charge is 2.26. The van der Waals surface area contributed by atoms with E-state index in [-0.39, 0.29) is 22.5 Å². The Balaban J connectivity index is 2.53. The maximum atomic E-state index is 13.1. The molecule has 31 heavy (non-hydrogen) atoms. The zero-order chi connectivity index (χ0) is 23.7. The van der Waals surface area contributed by atoms with E-state index < -0.39 is 21.4 Å². The summed E-state index contributed by atoms with van der Waals surface area (Å²) in [5, 5.41) is 25.9. The van der Waals surface area contributed by atoms with Crippen LogP contribution < -0.4 is 5.14 Å². The normalized spacial score (nSPS) is 13.9. The minimum atomic E-state index is -3.51. The molecule has 0 aliphatic carbocycles. The number of thiazole rings is 1. The van der Waals surface area contributed by atoms with Gasteiger partial charge in [0.15, 0.2) is 9.92 Å². The molecular weight excluding hydrogens is 432 g/mol. The van der Waals surface area contributed by atoms with Gasteiger partial charge in [0.05, 0.1) is 23.7 Å². The summed E-state index contributed by atoms with van der Waals surface area (Å²) in [6.45, 7) is 12.8. The molecule has 0 unspecified atom stereocenters. The first-order chi connectivity index (χ1) is 14.2. The van der Waals surface area contributed by atoms with Crippen molar-refractivity contribution in [3.63, 3.8) is 0 Å². The Morgan fingerprint density at radius 1 is 1.29 bits per heavy atom. The molecule has 0 aliphatic heterocycles. The minimum Gasteiger partial charge on any atom is -0.383 e. The third kappa shape index (κ3) is 5.77. The van der Waals surface area contributed by atoms with E-state index >= 15 is 0 Å². The predicted molar refractivity (Wildman–Crippen MR) is 123 cm³/mol. The van der Waals surface area contributed by atoms with Gasteiger partial charge in [-0.25, -0.2) is 14.3 Å². The number of benzene rings is 1. The quantitative estimate of drug-likeness (QED) is 0.662. The second-order valence-corrected chi connectivity index (χ2v) is 11.7. The average Bonchev–Trinajstić information content (AvgIpc) is 3.04. The predicted octanol–water partition coefficient (Wildman–Crippen LogP) is 4.27. The summed E-state index contributed by atoms with van der Waals surface area (Å²) in [5.41, 5.74) is 2.30. The second-order valence-electron chi connectivity index (χ2n) is 8.74. The molecule has 1 aromatic carbocycles. The number of carbonyl (C=O) groups excluding carboxylic acids is 1. The van der Waals surface area contributed by atoms with Gasteiger partial charge in [-0.3, -0.25) is 4.79 Å². The van der Waals surface area contributed by atoms with E-state index in [9.17, 15) is 19.4 Å². The van der Waals surface area contributed by atoms with Gasteiger partial charge in [-0.2, -0.15) is 5.26 Å². The Labute approximate surface area is 188 Å². The molecule has 1 amide bonds. The van der Waals surface area contributed by atoms with Crippen LogP contribution in [0.25, 0.3) is 0 Å². The molecule has 0 radical (unpaired) electrons. The third-order valence-corrected chi connectivity index (χ3v) is 8.33. The summed E-state index contributed by atoms with van der Waals surface area (Å²) in [6.07, 6.45) is -0.0584. The van der Waals surface area contributed by atoms with Crippen LogP contribution in [0, 0.1) is 18.3 Å². The van der Waals surface area contributed by atoms with Crippen LogP contribution in [0.5, 0.6) is 0 Å². The summed E-state index contributed by atoms with van der Waals surface area (Å²) >= 11 is 0.999. The average molecular weight is 463 g/mol.